The van der Waals surface area contributed by atoms with Gasteiger partial charge in [-0.1, -0.05) is 0 Å². The highest BCUT2D eigenvalue weighted by Crippen LogP contribution is 2.38. The predicted molar refractivity (Wildman–Crippen MR) is 41.0 cm³/mol. The van der Waals surface area contributed by atoms with Crippen LogP contribution in [0.1, 0.15) is 4.88 Å². The second-order valence-corrected chi connectivity index (χ2v) is 4.19. The van der Waals surface area contributed by atoms with Gasteiger partial charge in [0, 0.05) is 15.2 Å². The summed E-state index contributed by atoms with van der Waals surface area (Å²) in [4.78, 5) is 1.18. The zero-order chi connectivity index (χ0) is 8.48. The number of thiophene rings is 1. The fourth-order valence-electron chi connectivity index (χ4n) is 0.607. The molecule has 62 valence electrons. The van der Waals surface area contributed by atoms with Crippen LogP contribution in [0.5, 0.6) is 0 Å². The van der Waals surface area contributed by atoms with E-state index in [1.165, 1.54) is 22.8 Å². The second-order valence-electron chi connectivity index (χ2n) is 1.94. The Hall–Kier alpha value is -0.160. The SMILES string of the molecule is Cc1cc(SC(F)(F)F)cs1. The molecule has 1 heterocycles. The van der Waals surface area contributed by atoms with E-state index in [0.717, 1.165) is 4.88 Å². The van der Waals surface area contributed by atoms with E-state index in [2.05, 4.69) is 0 Å². The summed E-state index contributed by atoms with van der Waals surface area (Å²) in [5.74, 6) is 0. The number of aryl methyl sites for hydroxylation is 1. The van der Waals surface area contributed by atoms with Gasteiger partial charge in [0.2, 0.25) is 0 Å². The first kappa shape index (κ1) is 8.93. The van der Waals surface area contributed by atoms with Gasteiger partial charge in [-0.05, 0) is 24.8 Å². The van der Waals surface area contributed by atoms with Crippen molar-refractivity contribution in [2.75, 3.05) is 0 Å². The Bertz CT molecular complexity index is 238. The van der Waals surface area contributed by atoms with Gasteiger partial charge in [0.25, 0.3) is 0 Å². The minimum Gasteiger partial charge on any atom is -0.160 e. The average Bonchev–Trinajstić information content (AvgIpc) is 2.10. The van der Waals surface area contributed by atoms with Crippen LogP contribution >= 0.6 is 23.1 Å². The smallest absolute Gasteiger partial charge is 0.160 e. The molecule has 0 aliphatic heterocycles. The van der Waals surface area contributed by atoms with Gasteiger partial charge in [-0.3, -0.25) is 0 Å². The molecule has 0 bridgehead atoms. The van der Waals surface area contributed by atoms with Crippen molar-refractivity contribution in [3.63, 3.8) is 0 Å². The maximum atomic E-state index is 11.7. The first-order valence-electron chi connectivity index (χ1n) is 2.78. The number of rotatable bonds is 1. The van der Waals surface area contributed by atoms with Crippen LogP contribution in [0.25, 0.3) is 0 Å². The molecule has 0 spiro atoms. The van der Waals surface area contributed by atoms with Crippen LogP contribution in [0.4, 0.5) is 13.2 Å². The summed E-state index contributed by atoms with van der Waals surface area (Å²) >= 11 is 1.26. The lowest BCUT2D eigenvalue weighted by molar-refractivity contribution is -0.0327. The summed E-state index contributed by atoms with van der Waals surface area (Å²) in [6.07, 6.45) is 0. The van der Waals surface area contributed by atoms with Crippen molar-refractivity contribution in [2.24, 2.45) is 0 Å². The molecule has 0 saturated heterocycles. The zero-order valence-electron chi connectivity index (χ0n) is 5.61. The maximum absolute atomic E-state index is 11.7. The lowest BCUT2D eigenvalue weighted by Crippen LogP contribution is -1.97. The molecule has 0 aliphatic carbocycles. The molecule has 0 fully saturated rings. The Morgan fingerprint density at radius 3 is 2.45 bits per heavy atom. The monoisotopic (exact) mass is 198 g/mol. The third-order valence-corrected chi connectivity index (χ3v) is 2.65. The molecule has 0 saturated carbocycles. The van der Waals surface area contributed by atoms with Crippen LogP contribution in [-0.2, 0) is 0 Å². The van der Waals surface area contributed by atoms with Crippen molar-refractivity contribution in [3.8, 4) is 0 Å². The highest BCUT2D eigenvalue weighted by Gasteiger charge is 2.29. The van der Waals surface area contributed by atoms with E-state index in [1.807, 2.05) is 0 Å². The quantitative estimate of drug-likeness (QED) is 0.620. The van der Waals surface area contributed by atoms with Crippen LogP contribution in [0.15, 0.2) is 16.3 Å². The molecule has 1 aromatic rings. The van der Waals surface area contributed by atoms with Gasteiger partial charge in [0.15, 0.2) is 0 Å². The van der Waals surface area contributed by atoms with Crippen molar-refractivity contribution < 1.29 is 13.2 Å². The highest BCUT2D eigenvalue weighted by molar-refractivity contribution is 8.00. The topological polar surface area (TPSA) is 0 Å². The normalized spacial score (nSPS) is 12.0. The summed E-state index contributed by atoms with van der Waals surface area (Å²) in [5, 5.41) is 1.51. The molecule has 1 rings (SSSR count). The minimum atomic E-state index is -4.16. The van der Waals surface area contributed by atoms with Gasteiger partial charge in [0.1, 0.15) is 0 Å². The Balaban J connectivity index is 2.65. The Morgan fingerprint density at radius 2 is 2.09 bits per heavy atom. The molecule has 0 N–H and O–H groups in total. The van der Waals surface area contributed by atoms with E-state index in [1.54, 1.807) is 6.92 Å². The molecule has 0 amide bonds. The number of hydrogen-bond acceptors (Lipinski definition) is 2. The number of halogens is 3. The average molecular weight is 198 g/mol. The molecule has 0 unspecified atom stereocenters. The molecule has 0 atom stereocenters. The third kappa shape index (κ3) is 3.16. The fraction of sp³-hybridized carbons (Fsp3) is 0.333. The van der Waals surface area contributed by atoms with Gasteiger partial charge >= 0.3 is 5.51 Å². The summed E-state index contributed by atoms with van der Waals surface area (Å²) < 4.78 is 35.2. The second kappa shape index (κ2) is 3.06. The Labute approximate surface area is 70.4 Å². The van der Waals surface area contributed by atoms with E-state index in [9.17, 15) is 13.2 Å². The van der Waals surface area contributed by atoms with E-state index in [-0.39, 0.29) is 16.7 Å². The summed E-state index contributed by atoms with van der Waals surface area (Å²) in [7, 11) is 0. The molecule has 5 heteroatoms. The van der Waals surface area contributed by atoms with E-state index >= 15 is 0 Å². The van der Waals surface area contributed by atoms with E-state index in [4.69, 9.17) is 0 Å². The first-order chi connectivity index (χ1) is 4.97. The van der Waals surface area contributed by atoms with Gasteiger partial charge < -0.3 is 0 Å². The molecule has 1 aromatic heterocycles. The lowest BCUT2D eigenvalue weighted by atomic mass is 10.5. The van der Waals surface area contributed by atoms with Crippen LogP contribution < -0.4 is 0 Å². The fourth-order valence-corrected chi connectivity index (χ4v) is 2.09. The van der Waals surface area contributed by atoms with Crippen molar-refractivity contribution in [1.82, 2.24) is 0 Å². The molecule has 11 heavy (non-hydrogen) atoms. The van der Waals surface area contributed by atoms with Crippen molar-refractivity contribution in [2.45, 2.75) is 17.3 Å². The van der Waals surface area contributed by atoms with Crippen molar-refractivity contribution in [1.29, 1.82) is 0 Å². The maximum Gasteiger partial charge on any atom is 0.446 e. The van der Waals surface area contributed by atoms with E-state index < -0.39 is 5.51 Å². The molecule has 0 radical (unpaired) electrons. The number of hydrogen-bond donors (Lipinski definition) is 0. The zero-order valence-corrected chi connectivity index (χ0v) is 7.24. The lowest BCUT2D eigenvalue weighted by Gasteiger charge is -2.01. The summed E-state index contributed by atoms with van der Waals surface area (Å²) in [6, 6.07) is 1.53. The third-order valence-electron chi connectivity index (χ3n) is 0.940. The predicted octanol–water partition coefficient (Wildman–Crippen LogP) is 3.67. The minimum absolute atomic E-state index is 0.0680. The highest BCUT2D eigenvalue weighted by atomic mass is 32.2. The van der Waals surface area contributed by atoms with Gasteiger partial charge in [-0.25, -0.2) is 0 Å². The molecular formula is C6H5F3S2. The van der Waals surface area contributed by atoms with E-state index in [0.29, 0.717) is 0 Å². The summed E-state index contributed by atoms with van der Waals surface area (Å²) in [5.41, 5.74) is -4.16. The van der Waals surface area contributed by atoms with Crippen LogP contribution in [-0.4, -0.2) is 5.51 Å². The van der Waals surface area contributed by atoms with Gasteiger partial charge in [0.05, 0.1) is 0 Å². The number of alkyl halides is 3. The Kier molecular flexibility index (Phi) is 2.49. The van der Waals surface area contributed by atoms with Gasteiger partial charge in [-0.15, -0.1) is 11.3 Å². The van der Waals surface area contributed by atoms with Gasteiger partial charge in [-0.2, -0.15) is 13.2 Å². The summed E-state index contributed by atoms with van der Waals surface area (Å²) in [6.45, 7) is 1.78. The Morgan fingerprint density at radius 1 is 1.45 bits per heavy atom. The molecule has 0 aliphatic rings. The first-order valence-corrected chi connectivity index (χ1v) is 4.48. The molecular weight excluding hydrogens is 193 g/mol. The van der Waals surface area contributed by atoms with Crippen LogP contribution in [0, 0.1) is 6.92 Å². The molecule has 0 nitrogen and oxygen atoms in total. The van der Waals surface area contributed by atoms with Crippen LogP contribution in [0.2, 0.25) is 0 Å². The molecule has 0 aromatic carbocycles. The van der Waals surface area contributed by atoms with Crippen LogP contribution in [0.3, 0.4) is 0 Å². The standard InChI is InChI=1S/C6H5F3S2/c1-4-2-5(3-10-4)11-6(7,8)9/h2-3H,1H3. The van der Waals surface area contributed by atoms with Crippen molar-refractivity contribution in [3.05, 3.63) is 16.3 Å². The number of thioether (sulfide) groups is 1. The largest absolute Gasteiger partial charge is 0.446 e. The van der Waals surface area contributed by atoms with Crippen molar-refractivity contribution >= 4 is 23.1 Å².